The molecule has 0 bridgehead atoms. The molecule has 0 spiro atoms. The summed E-state index contributed by atoms with van der Waals surface area (Å²) in [5.74, 6) is -0.577. The fourth-order valence-electron chi connectivity index (χ4n) is 1.43. The largest absolute Gasteiger partial charge is 0.490 e. The average Bonchev–Trinajstić information content (AvgIpc) is 2.31. The van der Waals surface area contributed by atoms with Gasteiger partial charge in [-0.25, -0.2) is 4.39 Å². The summed E-state index contributed by atoms with van der Waals surface area (Å²) in [4.78, 5) is 11.1. The molecule has 1 atom stereocenters. The van der Waals surface area contributed by atoms with Gasteiger partial charge in [-0.15, -0.1) is 0 Å². The minimum Gasteiger partial charge on any atom is -0.490 e. The van der Waals surface area contributed by atoms with Crippen LogP contribution < -0.4 is 10.1 Å². The molecule has 0 aliphatic rings. The van der Waals surface area contributed by atoms with Crippen LogP contribution in [-0.4, -0.2) is 24.2 Å². The van der Waals surface area contributed by atoms with Gasteiger partial charge in [0.1, 0.15) is 0 Å². The highest BCUT2D eigenvalue weighted by Crippen LogP contribution is 2.21. The number of aliphatic hydroxyl groups excluding tert-OH is 1. The van der Waals surface area contributed by atoms with Crippen LogP contribution in [0.15, 0.2) is 18.2 Å². The van der Waals surface area contributed by atoms with Crippen LogP contribution >= 0.6 is 0 Å². The molecule has 1 amide bonds. The van der Waals surface area contributed by atoms with Crippen LogP contribution in [-0.2, 0) is 4.79 Å². The number of hydrogen-bond donors (Lipinski definition) is 2. The number of nitrogens with one attached hydrogen (secondary N) is 1. The molecule has 4 nitrogen and oxygen atoms in total. The second-order valence-electron chi connectivity index (χ2n) is 3.92. The number of hydrogen-bond acceptors (Lipinski definition) is 3. The monoisotopic (exact) mass is 255 g/mol. The lowest BCUT2D eigenvalue weighted by atomic mass is 10.1. The van der Waals surface area contributed by atoms with E-state index in [1.165, 1.54) is 12.1 Å². The van der Waals surface area contributed by atoms with Gasteiger partial charge >= 0.3 is 0 Å². The van der Waals surface area contributed by atoms with Crippen molar-refractivity contribution in [3.8, 4) is 5.75 Å². The molecule has 0 fully saturated rings. The first-order valence-corrected chi connectivity index (χ1v) is 5.91. The minimum atomic E-state index is -0.719. The van der Waals surface area contributed by atoms with E-state index in [-0.39, 0.29) is 24.7 Å². The zero-order chi connectivity index (χ0) is 13.5. The highest BCUT2D eigenvalue weighted by molar-refractivity contribution is 5.75. The van der Waals surface area contributed by atoms with Crippen LogP contribution in [0.5, 0.6) is 5.75 Å². The van der Waals surface area contributed by atoms with E-state index in [4.69, 9.17) is 4.74 Å². The van der Waals surface area contributed by atoms with E-state index in [0.29, 0.717) is 12.1 Å². The van der Waals surface area contributed by atoms with Crippen LogP contribution in [0, 0.1) is 5.82 Å². The summed E-state index contributed by atoms with van der Waals surface area (Å²) in [6.07, 6.45) is -0.533. The number of carbonyl (C=O) groups is 1. The summed E-state index contributed by atoms with van der Waals surface area (Å²) in [6, 6.07) is 4.27. The number of carbonyl (C=O) groups excluding carboxylic acids is 1. The number of aliphatic hydroxyl groups is 1. The molecule has 1 aromatic rings. The molecule has 0 saturated heterocycles. The maximum atomic E-state index is 13.5. The van der Waals surface area contributed by atoms with Crippen molar-refractivity contribution < 1.29 is 19.0 Å². The summed E-state index contributed by atoms with van der Waals surface area (Å²) < 4.78 is 18.7. The molecule has 0 saturated carbocycles. The zero-order valence-electron chi connectivity index (χ0n) is 10.6. The molecule has 5 heteroatoms. The van der Waals surface area contributed by atoms with E-state index in [9.17, 15) is 14.3 Å². The van der Waals surface area contributed by atoms with Gasteiger partial charge in [-0.2, -0.15) is 0 Å². The molecule has 0 aliphatic carbocycles. The third-order valence-corrected chi connectivity index (χ3v) is 2.40. The number of rotatable bonds is 6. The Kier molecular flexibility index (Phi) is 5.58. The highest BCUT2D eigenvalue weighted by atomic mass is 19.1. The first-order valence-electron chi connectivity index (χ1n) is 5.91. The predicted octanol–water partition coefficient (Wildman–Crippen LogP) is 1.78. The number of benzene rings is 1. The Morgan fingerprint density at radius 3 is 2.83 bits per heavy atom. The van der Waals surface area contributed by atoms with E-state index in [0.717, 1.165) is 0 Å². The van der Waals surface area contributed by atoms with E-state index >= 15 is 0 Å². The molecule has 100 valence electrons. The van der Waals surface area contributed by atoms with Crippen molar-refractivity contribution in [3.63, 3.8) is 0 Å². The average molecular weight is 255 g/mol. The molecule has 1 rings (SSSR count). The summed E-state index contributed by atoms with van der Waals surface area (Å²) in [5.41, 5.74) is 0.489. The van der Waals surface area contributed by atoms with Crippen LogP contribution in [0.3, 0.4) is 0 Å². The van der Waals surface area contributed by atoms with Gasteiger partial charge in [0.15, 0.2) is 11.6 Å². The predicted molar refractivity (Wildman–Crippen MR) is 65.8 cm³/mol. The molecule has 2 N–H and O–H groups in total. The molecule has 0 heterocycles. The molecular weight excluding hydrogens is 237 g/mol. The molecule has 0 radical (unpaired) electrons. The van der Waals surface area contributed by atoms with E-state index < -0.39 is 11.9 Å². The van der Waals surface area contributed by atoms with Crippen LogP contribution in [0.1, 0.15) is 31.9 Å². The van der Waals surface area contributed by atoms with Gasteiger partial charge < -0.3 is 15.2 Å². The smallest absolute Gasteiger partial charge is 0.223 e. The lowest BCUT2D eigenvalue weighted by Gasteiger charge is -2.10. The first kappa shape index (κ1) is 14.4. The SMILES string of the molecule is CCNC(=O)CCOc1ccc(C(C)O)cc1F. The Morgan fingerprint density at radius 1 is 1.56 bits per heavy atom. The molecular formula is C13H18FNO3. The quantitative estimate of drug-likeness (QED) is 0.814. The highest BCUT2D eigenvalue weighted by Gasteiger charge is 2.08. The Hall–Kier alpha value is -1.62. The fourth-order valence-corrected chi connectivity index (χ4v) is 1.43. The maximum absolute atomic E-state index is 13.5. The molecule has 1 aromatic carbocycles. The molecule has 18 heavy (non-hydrogen) atoms. The van der Waals surface area contributed by atoms with Crippen LogP contribution in [0.4, 0.5) is 4.39 Å². The van der Waals surface area contributed by atoms with E-state index in [2.05, 4.69) is 5.32 Å². The number of halogens is 1. The van der Waals surface area contributed by atoms with Gasteiger partial charge in [-0.3, -0.25) is 4.79 Å². The summed E-state index contributed by atoms with van der Waals surface area (Å²) in [5, 5.41) is 11.9. The van der Waals surface area contributed by atoms with Gasteiger partial charge in [0, 0.05) is 6.54 Å². The summed E-state index contributed by atoms with van der Waals surface area (Å²) in [6.45, 7) is 4.07. The standard InChI is InChI=1S/C13H18FNO3/c1-3-15-13(17)6-7-18-12-5-4-10(9(2)16)8-11(12)14/h4-5,8-9,16H,3,6-7H2,1-2H3,(H,15,17). The van der Waals surface area contributed by atoms with E-state index in [1.54, 1.807) is 13.0 Å². The first-order chi connectivity index (χ1) is 8.54. The van der Waals surface area contributed by atoms with Crippen LogP contribution in [0.25, 0.3) is 0 Å². The zero-order valence-corrected chi connectivity index (χ0v) is 10.6. The van der Waals surface area contributed by atoms with Crippen molar-refractivity contribution in [1.29, 1.82) is 0 Å². The summed E-state index contributed by atoms with van der Waals surface area (Å²) in [7, 11) is 0. The van der Waals surface area contributed by atoms with Crippen molar-refractivity contribution >= 4 is 5.91 Å². The normalized spacial score (nSPS) is 12.0. The van der Waals surface area contributed by atoms with Crippen molar-refractivity contribution in [2.45, 2.75) is 26.4 Å². The Balaban J connectivity index is 2.50. The molecule has 0 aromatic heterocycles. The lowest BCUT2D eigenvalue weighted by Crippen LogP contribution is -2.24. The topological polar surface area (TPSA) is 58.6 Å². The van der Waals surface area contributed by atoms with Crippen molar-refractivity contribution in [1.82, 2.24) is 5.32 Å². The van der Waals surface area contributed by atoms with Gasteiger partial charge in [0.25, 0.3) is 0 Å². The Morgan fingerprint density at radius 2 is 2.28 bits per heavy atom. The van der Waals surface area contributed by atoms with Gasteiger partial charge in [-0.05, 0) is 31.5 Å². The second-order valence-corrected chi connectivity index (χ2v) is 3.92. The maximum Gasteiger partial charge on any atom is 0.223 e. The minimum absolute atomic E-state index is 0.0868. The summed E-state index contributed by atoms with van der Waals surface area (Å²) >= 11 is 0. The van der Waals surface area contributed by atoms with Crippen LogP contribution in [0.2, 0.25) is 0 Å². The third kappa shape index (κ3) is 4.33. The molecule has 0 aliphatic heterocycles. The third-order valence-electron chi connectivity index (χ3n) is 2.40. The van der Waals surface area contributed by atoms with Crippen molar-refractivity contribution in [3.05, 3.63) is 29.6 Å². The van der Waals surface area contributed by atoms with Crippen molar-refractivity contribution in [2.75, 3.05) is 13.2 Å². The Labute approximate surface area is 106 Å². The second kappa shape index (κ2) is 6.96. The van der Waals surface area contributed by atoms with Crippen molar-refractivity contribution in [2.24, 2.45) is 0 Å². The van der Waals surface area contributed by atoms with Gasteiger partial charge in [0.2, 0.25) is 5.91 Å². The van der Waals surface area contributed by atoms with E-state index in [1.807, 2.05) is 6.92 Å². The lowest BCUT2D eigenvalue weighted by molar-refractivity contribution is -0.121. The molecule has 1 unspecified atom stereocenters. The Bertz CT molecular complexity index is 407. The van der Waals surface area contributed by atoms with Gasteiger partial charge in [0.05, 0.1) is 19.1 Å². The number of amides is 1. The fraction of sp³-hybridized carbons (Fsp3) is 0.462. The van der Waals surface area contributed by atoms with Gasteiger partial charge in [-0.1, -0.05) is 6.07 Å². The number of ether oxygens (including phenoxy) is 1.